The molecule has 0 aliphatic rings. The second-order valence-electron chi connectivity index (χ2n) is 6.67. The molecule has 0 radical (unpaired) electrons. The van der Waals surface area contributed by atoms with E-state index in [1.165, 1.54) is 12.1 Å². The maximum atomic E-state index is 12.3. The number of carbonyl (C=O) groups is 2. The number of nitriles is 2. The van der Waals surface area contributed by atoms with Crippen molar-refractivity contribution in [2.75, 3.05) is 10.6 Å². The topological polar surface area (TPSA) is 127 Å². The molecule has 3 amide bonds. The molecule has 0 unspecified atom stereocenters. The van der Waals surface area contributed by atoms with E-state index >= 15 is 0 Å². The fourth-order valence-electron chi connectivity index (χ4n) is 2.68. The van der Waals surface area contributed by atoms with E-state index in [0.29, 0.717) is 23.4 Å². The lowest BCUT2D eigenvalue weighted by Crippen LogP contribution is -2.31. The van der Waals surface area contributed by atoms with Crippen LogP contribution in [0, 0.1) is 22.7 Å². The van der Waals surface area contributed by atoms with Crippen molar-refractivity contribution >= 4 is 35.1 Å². The van der Waals surface area contributed by atoms with Crippen LogP contribution in [0.25, 0.3) is 0 Å². The molecule has 0 aliphatic heterocycles. The predicted molar refractivity (Wildman–Crippen MR) is 118 cm³/mol. The largest absolute Gasteiger partial charge is 0.445 e. The van der Waals surface area contributed by atoms with E-state index in [2.05, 4.69) is 16.0 Å². The molecule has 0 heterocycles. The Kier molecular flexibility index (Phi) is 8.68. The summed E-state index contributed by atoms with van der Waals surface area (Å²) in [7, 11) is 0. The van der Waals surface area contributed by atoms with Crippen LogP contribution in [0.3, 0.4) is 0 Å². The average molecular weight is 440 g/mol. The third kappa shape index (κ3) is 7.22. The molecule has 31 heavy (non-hydrogen) atoms. The van der Waals surface area contributed by atoms with Crippen LogP contribution < -0.4 is 16.0 Å². The number of carbonyl (C=O) groups excluding carboxylic acids is 2. The monoisotopic (exact) mass is 439 g/mol. The molecule has 0 bridgehead atoms. The molecule has 2 rings (SSSR count). The van der Waals surface area contributed by atoms with Gasteiger partial charge in [0.1, 0.15) is 12.2 Å². The van der Waals surface area contributed by atoms with E-state index < -0.39 is 18.2 Å². The van der Waals surface area contributed by atoms with Crippen LogP contribution in [0.2, 0.25) is 5.02 Å². The minimum Gasteiger partial charge on any atom is -0.445 e. The first-order valence-electron chi connectivity index (χ1n) is 9.58. The van der Waals surface area contributed by atoms with Crippen LogP contribution in [0.4, 0.5) is 21.0 Å². The zero-order valence-corrected chi connectivity index (χ0v) is 17.9. The summed E-state index contributed by atoms with van der Waals surface area (Å²) in [6.07, 6.45) is -0.376. The van der Waals surface area contributed by atoms with Gasteiger partial charge < -0.3 is 20.7 Å². The number of hydrogen-bond acceptors (Lipinski definition) is 5. The Morgan fingerprint density at radius 2 is 1.84 bits per heavy atom. The molecule has 2 atom stereocenters. The lowest BCUT2D eigenvalue weighted by atomic mass is 10.1. The van der Waals surface area contributed by atoms with E-state index in [0.717, 1.165) is 5.56 Å². The summed E-state index contributed by atoms with van der Waals surface area (Å²) in [6, 6.07) is 14.6. The lowest BCUT2D eigenvalue weighted by molar-refractivity contribution is 0.0950. The summed E-state index contributed by atoms with van der Waals surface area (Å²) in [5, 5.41) is 26.0. The highest BCUT2D eigenvalue weighted by atomic mass is 35.5. The first-order chi connectivity index (χ1) is 14.9. The highest BCUT2D eigenvalue weighted by Crippen LogP contribution is 2.21. The normalized spacial score (nSPS) is 11.9. The summed E-state index contributed by atoms with van der Waals surface area (Å²) in [5.74, 6) is 0. The van der Waals surface area contributed by atoms with Gasteiger partial charge in [-0.1, -0.05) is 30.7 Å². The number of halogens is 1. The molecule has 0 saturated carbocycles. The second kappa shape index (κ2) is 11.4. The van der Waals surface area contributed by atoms with E-state index in [4.69, 9.17) is 26.9 Å². The number of rotatable bonds is 7. The zero-order valence-electron chi connectivity index (χ0n) is 17.1. The maximum absolute atomic E-state index is 12.3. The third-order valence-corrected chi connectivity index (χ3v) is 4.69. The number of hydrogen-bond donors (Lipinski definition) is 3. The molecule has 0 fully saturated rings. The molecular formula is C22H22ClN5O3. The number of anilines is 2. The van der Waals surface area contributed by atoms with Crippen molar-refractivity contribution in [2.24, 2.45) is 0 Å². The van der Waals surface area contributed by atoms with Crippen molar-refractivity contribution in [3.05, 3.63) is 58.6 Å². The quantitative estimate of drug-likeness (QED) is 0.536. The van der Waals surface area contributed by atoms with Crippen molar-refractivity contribution in [2.45, 2.75) is 38.8 Å². The molecule has 0 aliphatic carbocycles. The van der Waals surface area contributed by atoms with Crippen molar-refractivity contribution in [1.29, 1.82) is 10.5 Å². The van der Waals surface area contributed by atoms with Crippen molar-refractivity contribution < 1.29 is 14.3 Å². The lowest BCUT2D eigenvalue weighted by Gasteiger charge is -2.18. The van der Waals surface area contributed by atoms with Gasteiger partial charge in [0, 0.05) is 11.4 Å². The van der Waals surface area contributed by atoms with Gasteiger partial charge in [-0.3, -0.25) is 0 Å². The van der Waals surface area contributed by atoms with Gasteiger partial charge >= 0.3 is 12.1 Å². The zero-order chi connectivity index (χ0) is 22.8. The van der Waals surface area contributed by atoms with Gasteiger partial charge in [-0.25, -0.2) is 9.59 Å². The molecule has 2 aromatic carbocycles. The number of amides is 3. The van der Waals surface area contributed by atoms with Gasteiger partial charge in [0.15, 0.2) is 0 Å². The first-order valence-corrected chi connectivity index (χ1v) is 9.95. The molecule has 160 valence electrons. The number of nitrogens with one attached hydrogen (secondary N) is 3. The van der Waals surface area contributed by atoms with Crippen LogP contribution >= 0.6 is 11.6 Å². The predicted octanol–water partition coefficient (Wildman–Crippen LogP) is 5.34. The summed E-state index contributed by atoms with van der Waals surface area (Å²) in [5.41, 5.74) is 2.04. The fourth-order valence-corrected chi connectivity index (χ4v) is 2.90. The summed E-state index contributed by atoms with van der Waals surface area (Å²) >= 11 is 5.97. The fraction of sp³-hybridized carbons (Fsp3) is 0.273. The Morgan fingerprint density at radius 1 is 1.13 bits per heavy atom. The standard InChI is InChI=1S/C22H22ClN5O3/c1-3-19(9-10-24)31-22(30)26-14(2)15-5-4-6-17(11-15)27-21(29)28-18-8-7-16(13-25)20(23)12-18/h4-8,11-12,14,19H,3,9H2,1-2H3,(H,26,30)(H2,27,28,29)/t14-,19+/m0/s1. The van der Waals surface area contributed by atoms with Gasteiger partial charge in [0.25, 0.3) is 0 Å². The van der Waals surface area contributed by atoms with E-state index in [9.17, 15) is 9.59 Å². The highest BCUT2D eigenvalue weighted by Gasteiger charge is 2.16. The van der Waals surface area contributed by atoms with Crippen LogP contribution in [-0.2, 0) is 4.74 Å². The van der Waals surface area contributed by atoms with Gasteiger partial charge in [-0.2, -0.15) is 10.5 Å². The number of ether oxygens (including phenoxy) is 1. The molecule has 0 aromatic heterocycles. The van der Waals surface area contributed by atoms with Gasteiger partial charge in [-0.15, -0.1) is 0 Å². The van der Waals surface area contributed by atoms with Crippen LogP contribution in [0.1, 0.15) is 43.9 Å². The third-order valence-electron chi connectivity index (χ3n) is 4.37. The van der Waals surface area contributed by atoms with Crippen LogP contribution in [-0.4, -0.2) is 18.2 Å². The summed E-state index contributed by atoms with van der Waals surface area (Å²) in [6.45, 7) is 3.62. The number of benzene rings is 2. The smallest absolute Gasteiger partial charge is 0.407 e. The Morgan fingerprint density at radius 3 is 2.45 bits per heavy atom. The molecule has 8 nitrogen and oxygen atoms in total. The van der Waals surface area contributed by atoms with Crippen LogP contribution in [0.5, 0.6) is 0 Å². The Labute approximate surface area is 185 Å². The maximum Gasteiger partial charge on any atom is 0.407 e. The van der Waals surface area contributed by atoms with Gasteiger partial charge in [-0.05, 0) is 49.2 Å². The second-order valence-corrected chi connectivity index (χ2v) is 7.08. The van der Waals surface area contributed by atoms with E-state index in [-0.39, 0.29) is 17.5 Å². The van der Waals surface area contributed by atoms with Crippen LogP contribution in [0.15, 0.2) is 42.5 Å². The molecule has 0 spiro atoms. The molecule has 9 heteroatoms. The molecule has 0 saturated heterocycles. The van der Waals surface area contributed by atoms with Crippen molar-refractivity contribution in [3.63, 3.8) is 0 Å². The number of urea groups is 1. The van der Waals surface area contributed by atoms with E-state index in [1.807, 2.05) is 19.1 Å². The van der Waals surface area contributed by atoms with Crippen molar-refractivity contribution in [3.8, 4) is 12.1 Å². The van der Waals surface area contributed by atoms with Gasteiger partial charge in [0.2, 0.25) is 0 Å². The molecule has 2 aromatic rings. The Hall–Kier alpha value is -3.75. The van der Waals surface area contributed by atoms with E-state index in [1.54, 1.807) is 37.3 Å². The molecular weight excluding hydrogens is 418 g/mol. The minimum atomic E-state index is -0.608. The first kappa shape index (κ1) is 23.5. The highest BCUT2D eigenvalue weighted by molar-refractivity contribution is 6.32. The Balaban J connectivity index is 1.97. The Bertz CT molecular complexity index is 1030. The average Bonchev–Trinajstić information content (AvgIpc) is 2.73. The number of nitrogens with zero attached hydrogens (tertiary/aromatic N) is 2. The molecule has 3 N–H and O–H groups in total. The van der Waals surface area contributed by atoms with Gasteiger partial charge in [0.05, 0.1) is 29.1 Å². The SMILES string of the molecule is CC[C@H](CC#N)OC(=O)N[C@@H](C)c1cccc(NC(=O)Nc2ccc(C#N)c(Cl)c2)c1. The summed E-state index contributed by atoms with van der Waals surface area (Å²) in [4.78, 5) is 24.3. The summed E-state index contributed by atoms with van der Waals surface area (Å²) < 4.78 is 5.24. The number of alkyl carbamates (subject to hydrolysis) is 1. The minimum absolute atomic E-state index is 0.136. The van der Waals surface area contributed by atoms with Crippen molar-refractivity contribution in [1.82, 2.24) is 5.32 Å².